The number of carbonyl (C=O) groups excluding carboxylic acids is 1. The van der Waals surface area contributed by atoms with Gasteiger partial charge in [-0.05, 0) is 43.4 Å². The average Bonchev–Trinajstić information content (AvgIpc) is 2.55. The highest BCUT2D eigenvalue weighted by molar-refractivity contribution is 6.81. The SMILES string of the molecule is CCCCCC/C=C/C(=C\[Si](C)(C)C)C(=O)O[C@@H]1C[C@H](C)CC[C@H]1C(C)C. The summed E-state index contributed by atoms with van der Waals surface area (Å²) in [6.07, 6.45) is 13.8. The van der Waals surface area contributed by atoms with E-state index in [1.807, 2.05) is 6.08 Å². The highest BCUT2D eigenvalue weighted by Gasteiger charge is 2.33. The molecule has 156 valence electrons. The second-order valence-electron chi connectivity index (χ2n) is 9.99. The van der Waals surface area contributed by atoms with Crippen molar-refractivity contribution in [3.63, 3.8) is 0 Å². The molecular formula is C24H44O2Si. The van der Waals surface area contributed by atoms with Gasteiger partial charge in [0.15, 0.2) is 0 Å². The fourth-order valence-electron chi connectivity index (χ4n) is 4.00. The van der Waals surface area contributed by atoms with Gasteiger partial charge in [0.2, 0.25) is 0 Å². The summed E-state index contributed by atoms with van der Waals surface area (Å²) in [5, 5.41) is 0. The van der Waals surface area contributed by atoms with E-state index >= 15 is 0 Å². The summed E-state index contributed by atoms with van der Waals surface area (Å²) in [6, 6.07) is 0. The van der Waals surface area contributed by atoms with Crippen molar-refractivity contribution in [3.8, 4) is 0 Å². The van der Waals surface area contributed by atoms with E-state index in [1.165, 1.54) is 38.5 Å². The lowest BCUT2D eigenvalue weighted by Gasteiger charge is -2.36. The monoisotopic (exact) mass is 392 g/mol. The van der Waals surface area contributed by atoms with Crippen LogP contribution in [0.15, 0.2) is 23.4 Å². The zero-order chi connectivity index (χ0) is 20.4. The zero-order valence-electron chi connectivity index (χ0n) is 19.0. The maximum atomic E-state index is 13.0. The normalized spacial score (nSPS) is 24.6. The average molecular weight is 393 g/mol. The summed E-state index contributed by atoms with van der Waals surface area (Å²) in [5.74, 6) is 1.61. The largest absolute Gasteiger partial charge is 0.458 e. The lowest BCUT2D eigenvalue weighted by Crippen LogP contribution is -2.36. The van der Waals surface area contributed by atoms with Gasteiger partial charge in [-0.25, -0.2) is 4.79 Å². The smallest absolute Gasteiger partial charge is 0.337 e. The first-order chi connectivity index (χ1) is 12.6. The van der Waals surface area contributed by atoms with E-state index < -0.39 is 8.07 Å². The molecule has 3 heteroatoms. The molecule has 0 aromatic heterocycles. The quantitative estimate of drug-likeness (QED) is 0.128. The van der Waals surface area contributed by atoms with E-state index in [4.69, 9.17) is 4.74 Å². The number of carbonyl (C=O) groups is 1. The summed E-state index contributed by atoms with van der Waals surface area (Å²) in [4.78, 5) is 13.0. The van der Waals surface area contributed by atoms with Gasteiger partial charge < -0.3 is 4.74 Å². The van der Waals surface area contributed by atoms with Crippen molar-refractivity contribution in [2.24, 2.45) is 17.8 Å². The highest BCUT2D eigenvalue weighted by atomic mass is 28.3. The topological polar surface area (TPSA) is 26.3 Å². The van der Waals surface area contributed by atoms with Crippen molar-refractivity contribution >= 4 is 14.0 Å². The molecule has 0 radical (unpaired) electrons. The van der Waals surface area contributed by atoms with E-state index in [0.29, 0.717) is 17.8 Å². The van der Waals surface area contributed by atoms with Gasteiger partial charge in [-0.3, -0.25) is 0 Å². The molecule has 0 aromatic rings. The van der Waals surface area contributed by atoms with Crippen molar-refractivity contribution in [1.29, 1.82) is 0 Å². The Morgan fingerprint density at radius 2 is 1.85 bits per heavy atom. The van der Waals surface area contributed by atoms with Gasteiger partial charge in [0.25, 0.3) is 0 Å². The van der Waals surface area contributed by atoms with Gasteiger partial charge in [0, 0.05) is 0 Å². The van der Waals surface area contributed by atoms with Crippen molar-refractivity contribution < 1.29 is 9.53 Å². The fourth-order valence-corrected chi connectivity index (χ4v) is 5.14. The second-order valence-corrected chi connectivity index (χ2v) is 15.0. The Morgan fingerprint density at radius 1 is 1.15 bits per heavy atom. The molecule has 1 aliphatic carbocycles. The Balaban J connectivity index is 2.80. The summed E-state index contributed by atoms with van der Waals surface area (Å²) < 4.78 is 6.10. The van der Waals surface area contributed by atoms with Crippen LogP contribution in [0.4, 0.5) is 0 Å². The molecule has 1 fully saturated rings. The van der Waals surface area contributed by atoms with Crippen LogP contribution in [0, 0.1) is 17.8 Å². The van der Waals surface area contributed by atoms with Gasteiger partial charge in [-0.15, -0.1) is 0 Å². The van der Waals surface area contributed by atoms with Gasteiger partial charge in [0.05, 0.1) is 13.6 Å². The van der Waals surface area contributed by atoms with Crippen LogP contribution >= 0.6 is 0 Å². The van der Waals surface area contributed by atoms with E-state index in [2.05, 4.69) is 59.1 Å². The lowest BCUT2D eigenvalue weighted by molar-refractivity contribution is -0.150. The summed E-state index contributed by atoms with van der Waals surface area (Å²) in [5.41, 5.74) is 2.99. The molecule has 0 N–H and O–H groups in total. The Labute approximate surface area is 169 Å². The van der Waals surface area contributed by atoms with Gasteiger partial charge in [0.1, 0.15) is 6.10 Å². The fraction of sp³-hybridized carbons (Fsp3) is 0.792. The van der Waals surface area contributed by atoms with Gasteiger partial charge in [-0.1, -0.05) is 90.9 Å². The van der Waals surface area contributed by atoms with Crippen LogP contribution in [0.1, 0.15) is 79.1 Å². The van der Waals surface area contributed by atoms with Gasteiger partial charge in [-0.2, -0.15) is 0 Å². The number of allylic oxidation sites excluding steroid dienone is 1. The standard InChI is InChI=1S/C24H44O2Si/c1-8-9-10-11-12-13-14-21(18-27(5,6)7)24(25)26-23-17-20(4)15-16-22(23)19(2)3/h13-14,18-20,22-23H,8-12,15-17H2,1-7H3/b14-13+,21-18+/t20-,22+,23-/m1/s1. The minimum Gasteiger partial charge on any atom is -0.458 e. The van der Waals surface area contributed by atoms with Crippen LogP contribution in [-0.4, -0.2) is 20.1 Å². The molecule has 0 saturated heterocycles. The van der Waals surface area contributed by atoms with Crippen molar-refractivity contribution in [3.05, 3.63) is 23.4 Å². The molecule has 0 heterocycles. The molecular weight excluding hydrogens is 348 g/mol. The molecule has 0 aliphatic heterocycles. The highest BCUT2D eigenvalue weighted by Crippen LogP contribution is 2.35. The Morgan fingerprint density at radius 3 is 2.44 bits per heavy atom. The maximum Gasteiger partial charge on any atom is 0.337 e. The van der Waals surface area contributed by atoms with Crippen molar-refractivity contribution in [1.82, 2.24) is 0 Å². The van der Waals surface area contributed by atoms with Gasteiger partial charge >= 0.3 is 5.97 Å². The van der Waals surface area contributed by atoms with Crippen molar-refractivity contribution in [2.75, 3.05) is 0 Å². The minimum atomic E-state index is -1.50. The van der Waals surface area contributed by atoms with E-state index in [0.717, 1.165) is 18.4 Å². The molecule has 0 aromatic carbocycles. The third-order valence-electron chi connectivity index (χ3n) is 5.57. The second kappa shape index (κ2) is 11.9. The predicted molar refractivity (Wildman–Crippen MR) is 121 cm³/mol. The van der Waals surface area contributed by atoms with Crippen LogP contribution in [0.2, 0.25) is 19.6 Å². The van der Waals surface area contributed by atoms with Crippen LogP contribution < -0.4 is 0 Å². The molecule has 2 nitrogen and oxygen atoms in total. The van der Waals surface area contributed by atoms with E-state index in [9.17, 15) is 4.79 Å². The molecule has 0 bridgehead atoms. The van der Waals surface area contributed by atoms with Crippen LogP contribution in [0.5, 0.6) is 0 Å². The molecule has 1 rings (SSSR count). The molecule has 27 heavy (non-hydrogen) atoms. The molecule has 0 amide bonds. The third-order valence-corrected chi connectivity index (χ3v) is 6.74. The number of hydrogen-bond acceptors (Lipinski definition) is 2. The first-order valence-electron chi connectivity index (χ1n) is 11.2. The Hall–Kier alpha value is -0.833. The molecule has 1 aliphatic rings. The lowest BCUT2D eigenvalue weighted by atomic mass is 9.75. The van der Waals surface area contributed by atoms with Crippen LogP contribution in [0.3, 0.4) is 0 Å². The molecule has 0 spiro atoms. The van der Waals surface area contributed by atoms with Crippen LogP contribution in [0.25, 0.3) is 0 Å². The first kappa shape index (κ1) is 24.2. The van der Waals surface area contributed by atoms with Crippen LogP contribution in [-0.2, 0) is 9.53 Å². The number of unbranched alkanes of at least 4 members (excludes halogenated alkanes) is 4. The molecule has 3 atom stereocenters. The summed E-state index contributed by atoms with van der Waals surface area (Å²) in [7, 11) is -1.50. The Kier molecular flexibility index (Phi) is 10.7. The number of esters is 1. The maximum absolute atomic E-state index is 13.0. The molecule has 0 unspecified atom stereocenters. The number of hydrogen-bond donors (Lipinski definition) is 0. The van der Waals surface area contributed by atoms with Crippen molar-refractivity contribution in [2.45, 2.75) is 105 Å². The number of ether oxygens (including phenoxy) is 1. The summed E-state index contributed by atoms with van der Waals surface area (Å²) >= 11 is 0. The van der Waals surface area contributed by atoms with E-state index in [-0.39, 0.29) is 12.1 Å². The Bertz CT molecular complexity index is 499. The zero-order valence-corrected chi connectivity index (χ0v) is 20.0. The summed E-state index contributed by atoms with van der Waals surface area (Å²) in [6.45, 7) is 15.9. The van der Waals surface area contributed by atoms with E-state index in [1.54, 1.807) is 0 Å². The number of rotatable bonds is 10. The first-order valence-corrected chi connectivity index (χ1v) is 14.8. The predicted octanol–water partition coefficient (Wildman–Crippen LogP) is 7.32. The third kappa shape index (κ3) is 9.78. The minimum absolute atomic E-state index is 0.0734. The molecule has 1 saturated carbocycles.